The van der Waals surface area contributed by atoms with Gasteiger partial charge in [-0.25, -0.2) is 0 Å². The predicted octanol–water partition coefficient (Wildman–Crippen LogP) is 13.2. The fourth-order valence-corrected chi connectivity index (χ4v) is 11.4. The van der Waals surface area contributed by atoms with Crippen LogP contribution < -0.4 is 0 Å². The van der Waals surface area contributed by atoms with Crippen molar-refractivity contribution in [2.75, 3.05) is 65.9 Å². The van der Waals surface area contributed by atoms with Crippen LogP contribution in [0.2, 0.25) is 0 Å². The summed E-state index contributed by atoms with van der Waals surface area (Å²) >= 11 is 1.15. The molecule has 0 saturated carbocycles. The number of carbonyl (C=O) groups is 7. The number of amides is 1. The van der Waals surface area contributed by atoms with Gasteiger partial charge in [-0.15, -0.1) is 0 Å². The molecule has 7 aromatic rings. The number of ether oxygens (including phenoxy) is 6. The lowest BCUT2D eigenvalue weighted by Gasteiger charge is -2.23. The van der Waals surface area contributed by atoms with E-state index in [1.54, 1.807) is 4.90 Å². The molecule has 7 aromatic carbocycles. The average molecular weight is 1230 g/mol. The van der Waals surface area contributed by atoms with Crippen LogP contribution in [0.25, 0.3) is 38.4 Å². The van der Waals surface area contributed by atoms with Gasteiger partial charge >= 0.3 is 35.8 Å². The molecule has 89 heavy (non-hydrogen) atoms. The Morgan fingerprint density at radius 1 is 0.449 bits per heavy atom. The van der Waals surface area contributed by atoms with Gasteiger partial charge in [0, 0.05) is 57.4 Å². The van der Waals surface area contributed by atoms with Crippen molar-refractivity contribution >= 4 is 91.2 Å². The van der Waals surface area contributed by atoms with Crippen LogP contribution in [0.15, 0.2) is 152 Å². The maximum atomic E-state index is 13.8. The molecule has 0 bridgehead atoms. The van der Waals surface area contributed by atoms with Gasteiger partial charge in [0.25, 0.3) is 5.24 Å². The topological polar surface area (TPSA) is 181 Å². The number of aryl methyl sites for hydroxylation is 4. The highest BCUT2D eigenvalue weighted by atomic mass is 32.2. The largest absolute Gasteiger partial charge is 0.462 e. The standard InChI is InChI=1S/C73H82N2O13S/c1-52-14-10-21-60-35-27-56(47-66(52)60)31-39-70(79)86-51-65(50-85-69(78)38-30-55-26-34-59-17-6-9-20-63(59)46-55)88-72(81)23-12-42-75(73(82)89-43-13-40-74(2)3)41-11-22-71(80)87-64(48-83-67(76)36-28-53-24-32-57-15-4-7-18-61(57)44-53)49-84-68(77)37-29-54-25-33-58-16-5-8-19-62(58)45-54/h4-10,15-21,24-27,32-35,44-47,52,64-65H,11-14,22-23,28-31,36-43,48-51H2,1-3H3. The maximum Gasteiger partial charge on any atom is 0.306 e. The average Bonchev–Trinajstić information content (AvgIpc) is 2.97. The van der Waals surface area contributed by atoms with Crippen molar-refractivity contribution < 1.29 is 62.0 Å². The Morgan fingerprint density at radius 3 is 1.24 bits per heavy atom. The Balaban J connectivity index is 0.839. The third-order valence-electron chi connectivity index (χ3n) is 15.6. The molecule has 2 atom stereocenters. The van der Waals surface area contributed by atoms with E-state index in [4.69, 9.17) is 28.4 Å². The zero-order valence-electron chi connectivity index (χ0n) is 51.4. The fourth-order valence-electron chi connectivity index (χ4n) is 10.6. The highest BCUT2D eigenvalue weighted by molar-refractivity contribution is 8.13. The van der Waals surface area contributed by atoms with Gasteiger partial charge in [0.05, 0.1) is 0 Å². The van der Waals surface area contributed by atoms with Crippen LogP contribution in [0.3, 0.4) is 0 Å². The molecule has 1 aliphatic carbocycles. The minimum Gasteiger partial charge on any atom is -0.462 e. The molecule has 1 amide bonds. The van der Waals surface area contributed by atoms with Crippen molar-refractivity contribution in [1.82, 2.24) is 9.80 Å². The number of nitrogens with zero attached hydrogens (tertiary/aromatic N) is 2. The highest BCUT2D eigenvalue weighted by Crippen LogP contribution is 2.30. The van der Waals surface area contributed by atoms with E-state index in [-0.39, 0.29) is 96.1 Å². The zero-order valence-corrected chi connectivity index (χ0v) is 52.2. The number of rotatable bonds is 34. The van der Waals surface area contributed by atoms with Crippen LogP contribution >= 0.6 is 11.8 Å². The molecule has 468 valence electrons. The Labute approximate surface area is 526 Å². The Bertz CT molecular complexity index is 3460. The number of esters is 6. The molecule has 1 aliphatic rings. The number of benzene rings is 7. The first-order valence-corrected chi connectivity index (χ1v) is 32.0. The molecule has 0 N–H and O–H groups in total. The summed E-state index contributed by atoms with van der Waals surface area (Å²) in [6.07, 6.45) is 6.03. The van der Waals surface area contributed by atoms with Crippen LogP contribution in [-0.4, -0.2) is 129 Å². The van der Waals surface area contributed by atoms with Gasteiger partial charge in [0.15, 0.2) is 12.2 Å². The monoisotopic (exact) mass is 1230 g/mol. The quantitative estimate of drug-likeness (QED) is 0.0211. The molecular weight excluding hydrogens is 1140 g/mol. The maximum absolute atomic E-state index is 13.8. The molecule has 16 heteroatoms. The SMILES string of the molecule is CC1CC=Cc2ccc(CCC(=O)OCC(COC(=O)CCc3ccc4ccccc4c3)OC(=O)CCCN(CCCC(=O)OC(COC(=O)CCc3ccc4ccccc4c3)COC(=O)CCc3ccc4ccccc4c3)C(=O)SCCCN(C)C)cc21. The second-order valence-corrected chi connectivity index (χ2v) is 24.0. The zero-order chi connectivity index (χ0) is 62.7. The summed E-state index contributed by atoms with van der Waals surface area (Å²) in [6.45, 7) is 1.92. The number of carbonyl (C=O) groups excluding carboxylic acids is 7. The summed E-state index contributed by atoms with van der Waals surface area (Å²) in [4.78, 5) is 97.0. The van der Waals surface area contributed by atoms with E-state index < -0.39 is 48.0 Å². The molecule has 15 nitrogen and oxygen atoms in total. The first kappa shape index (κ1) is 66.6. The van der Waals surface area contributed by atoms with Crippen molar-refractivity contribution in [2.24, 2.45) is 0 Å². The second kappa shape index (κ2) is 35.0. The molecular formula is C73H82N2O13S. The summed E-state index contributed by atoms with van der Waals surface area (Å²) in [7, 11) is 3.91. The van der Waals surface area contributed by atoms with Crippen molar-refractivity contribution in [3.8, 4) is 0 Å². The smallest absolute Gasteiger partial charge is 0.306 e. The summed E-state index contributed by atoms with van der Waals surface area (Å²) < 4.78 is 34.1. The number of thioether (sulfide) groups is 1. The molecule has 0 heterocycles. The summed E-state index contributed by atoms with van der Waals surface area (Å²) in [5.74, 6) is -2.36. The predicted molar refractivity (Wildman–Crippen MR) is 348 cm³/mol. The Hall–Kier alpha value is -8.34. The van der Waals surface area contributed by atoms with Gasteiger partial charge in [0.2, 0.25) is 0 Å². The number of allylic oxidation sites excluding steroid dienone is 1. The van der Waals surface area contributed by atoms with Gasteiger partial charge in [0.1, 0.15) is 26.4 Å². The summed E-state index contributed by atoms with van der Waals surface area (Å²) in [5, 5.41) is 6.22. The molecule has 8 rings (SSSR count). The van der Waals surface area contributed by atoms with Crippen molar-refractivity contribution in [2.45, 2.75) is 115 Å². The van der Waals surface area contributed by atoms with Crippen molar-refractivity contribution in [3.63, 3.8) is 0 Å². The molecule has 0 aromatic heterocycles. The van der Waals surface area contributed by atoms with Crippen molar-refractivity contribution in [3.05, 3.63) is 185 Å². The molecule has 0 saturated heterocycles. The van der Waals surface area contributed by atoms with Crippen LogP contribution in [-0.2, 0) is 82.9 Å². The Morgan fingerprint density at radius 2 is 0.831 bits per heavy atom. The van der Waals surface area contributed by atoms with Gasteiger partial charge in [-0.2, -0.15) is 0 Å². The molecule has 0 aliphatic heterocycles. The lowest BCUT2D eigenvalue weighted by molar-refractivity contribution is -0.167. The van der Waals surface area contributed by atoms with E-state index in [0.29, 0.717) is 37.4 Å². The van der Waals surface area contributed by atoms with E-state index in [1.807, 2.05) is 152 Å². The first-order chi connectivity index (χ1) is 43.2. The molecule has 0 radical (unpaired) electrons. The van der Waals surface area contributed by atoms with Gasteiger partial charge in [-0.1, -0.05) is 176 Å². The van der Waals surface area contributed by atoms with Gasteiger partial charge in [-0.05, 0) is 144 Å². The van der Waals surface area contributed by atoms with Crippen LogP contribution in [0.4, 0.5) is 4.79 Å². The third-order valence-corrected chi connectivity index (χ3v) is 16.5. The van der Waals surface area contributed by atoms with Crippen LogP contribution in [0.1, 0.15) is 110 Å². The minimum absolute atomic E-state index is 0.0768. The Kier molecular flexibility index (Phi) is 26.2. The van der Waals surface area contributed by atoms with Crippen molar-refractivity contribution in [1.29, 1.82) is 0 Å². The minimum atomic E-state index is -1.10. The molecule has 0 fully saturated rings. The van der Waals surface area contributed by atoms with Gasteiger partial charge < -0.3 is 38.2 Å². The number of fused-ring (bicyclic) bond motifs is 4. The van der Waals surface area contributed by atoms with E-state index in [2.05, 4.69) is 31.2 Å². The first-order valence-electron chi connectivity index (χ1n) is 31.0. The second-order valence-electron chi connectivity index (χ2n) is 23.0. The van der Waals surface area contributed by atoms with E-state index >= 15 is 0 Å². The van der Waals surface area contributed by atoms with Crippen LogP contribution in [0, 0.1) is 0 Å². The van der Waals surface area contributed by atoms with Crippen LogP contribution in [0.5, 0.6) is 0 Å². The lowest BCUT2D eigenvalue weighted by atomic mass is 9.87. The van der Waals surface area contributed by atoms with E-state index in [0.717, 1.165) is 85.7 Å². The lowest BCUT2D eigenvalue weighted by Crippen LogP contribution is -2.33. The van der Waals surface area contributed by atoms with E-state index in [9.17, 15) is 33.6 Å². The molecule has 0 spiro atoms. The summed E-state index contributed by atoms with van der Waals surface area (Å²) in [5.41, 5.74) is 6.32. The fraction of sp³-hybridized carbons (Fsp3) is 0.384. The normalized spacial score (nSPS) is 13.0. The summed E-state index contributed by atoms with van der Waals surface area (Å²) in [6, 6.07) is 48.1. The highest BCUT2D eigenvalue weighted by Gasteiger charge is 2.24. The van der Waals surface area contributed by atoms with E-state index in [1.165, 1.54) is 11.1 Å². The molecule has 2 unspecified atom stereocenters. The third kappa shape index (κ3) is 22.6. The number of hydrogen-bond donors (Lipinski definition) is 0. The van der Waals surface area contributed by atoms with Gasteiger partial charge in [-0.3, -0.25) is 33.6 Å². The number of hydrogen-bond acceptors (Lipinski definition) is 15.